The number of hydrogen-bond donors (Lipinski definition) is 0. The quantitative estimate of drug-likeness (QED) is 0.820. The lowest BCUT2D eigenvalue weighted by atomic mass is 10.1. The molecule has 3 rings (SSSR count). The van der Waals surface area contributed by atoms with Gasteiger partial charge in [-0.3, -0.25) is 14.9 Å². The average Bonchev–Trinajstić information content (AvgIpc) is 3.05. The summed E-state index contributed by atoms with van der Waals surface area (Å²) in [5.74, 6) is 0. The van der Waals surface area contributed by atoms with Gasteiger partial charge in [-0.1, -0.05) is 24.3 Å². The van der Waals surface area contributed by atoms with E-state index in [9.17, 15) is 0 Å². The number of aryl methyl sites for hydroxylation is 2. The Morgan fingerprint density at radius 2 is 2.00 bits per heavy atom. The molecule has 0 bridgehead atoms. The Morgan fingerprint density at radius 3 is 2.70 bits per heavy atom. The zero-order valence-corrected chi connectivity index (χ0v) is 14.0. The highest BCUT2D eigenvalue weighted by atomic mass is 16.5. The molecule has 1 aromatic carbocycles. The first-order chi connectivity index (χ1) is 11.2. The minimum atomic E-state index is 0.345. The van der Waals surface area contributed by atoms with E-state index >= 15 is 0 Å². The second kappa shape index (κ2) is 7.66. The highest BCUT2D eigenvalue weighted by molar-refractivity contribution is 5.25. The van der Waals surface area contributed by atoms with Crippen LogP contribution >= 0.6 is 0 Å². The van der Waals surface area contributed by atoms with Crippen molar-refractivity contribution in [1.29, 1.82) is 0 Å². The molecule has 1 aliphatic heterocycles. The largest absolute Gasteiger partial charge is 0.377 e. The van der Waals surface area contributed by atoms with Crippen molar-refractivity contribution in [2.24, 2.45) is 0 Å². The number of rotatable bonds is 6. The summed E-state index contributed by atoms with van der Waals surface area (Å²) < 4.78 is 5.83. The van der Waals surface area contributed by atoms with Crippen LogP contribution in [0.2, 0.25) is 0 Å². The summed E-state index contributed by atoms with van der Waals surface area (Å²) >= 11 is 0. The van der Waals surface area contributed by atoms with Crippen molar-refractivity contribution in [1.82, 2.24) is 14.9 Å². The van der Waals surface area contributed by atoms with Crippen LogP contribution in [0.15, 0.2) is 36.7 Å². The SMILES string of the molecule is Cc1cnc(CN(Cc2ccccc2C)CC2CCCO2)cn1. The third-order valence-electron chi connectivity index (χ3n) is 4.36. The number of hydrogen-bond acceptors (Lipinski definition) is 4. The Morgan fingerprint density at radius 1 is 1.13 bits per heavy atom. The van der Waals surface area contributed by atoms with Gasteiger partial charge in [-0.15, -0.1) is 0 Å². The van der Waals surface area contributed by atoms with E-state index in [2.05, 4.69) is 46.1 Å². The van der Waals surface area contributed by atoms with Crippen molar-refractivity contribution in [3.63, 3.8) is 0 Å². The third kappa shape index (κ3) is 4.60. The van der Waals surface area contributed by atoms with Crippen LogP contribution in [0.4, 0.5) is 0 Å². The first kappa shape index (κ1) is 16.1. The van der Waals surface area contributed by atoms with E-state index in [0.29, 0.717) is 6.10 Å². The summed E-state index contributed by atoms with van der Waals surface area (Å²) in [5, 5.41) is 0. The summed E-state index contributed by atoms with van der Waals surface area (Å²) in [4.78, 5) is 11.3. The van der Waals surface area contributed by atoms with Gasteiger partial charge in [0.05, 0.1) is 17.5 Å². The molecule has 1 saturated heterocycles. The highest BCUT2D eigenvalue weighted by Crippen LogP contribution is 2.18. The van der Waals surface area contributed by atoms with Gasteiger partial charge in [-0.05, 0) is 37.8 Å². The molecule has 122 valence electrons. The fourth-order valence-corrected chi connectivity index (χ4v) is 3.02. The zero-order chi connectivity index (χ0) is 16.1. The molecular formula is C19H25N3O. The molecule has 1 fully saturated rings. The van der Waals surface area contributed by atoms with E-state index in [0.717, 1.165) is 44.0 Å². The molecule has 23 heavy (non-hydrogen) atoms. The Kier molecular flexibility index (Phi) is 5.36. The summed E-state index contributed by atoms with van der Waals surface area (Å²) in [6, 6.07) is 8.58. The maximum atomic E-state index is 5.83. The lowest BCUT2D eigenvalue weighted by molar-refractivity contribution is 0.0673. The van der Waals surface area contributed by atoms with Gasteiger partial charge in [0.15, 0.2) is 0 Å². The van der Waals surface area contributed by atoms with Crippen molar-refractivity contribution in [2.75, 3.05) is 13.2 Å². The van der Waals surface area contributed by atoms with Gasteiger partial charge in [-0.25, -0.2) is 0 Å². The molecule has 2 heterocycles. The molecule has 1 atom stereocenters. The molecule has 0 radical (unpaired) electrons. The Hall–Kier alpha value is -1.78. The van der Waals surface area contributed by atoms with Crippen LogP contribution in [0.5, 0.6) is 0 Å². The van der Waals surface area contributed by atoms with E-state index in [-0.39, 0.29) is 0 Å². The lowest BCUT2D eigenvalue weighted by Crippen LogP contribution is -2.32. The number of benzene rings is 1. The molecule has 1 unspecified atom stereocenters. The summed E-state index contributed by atoms with van der Waals surface area (Å²) in [6.07, 6.45) is 6.40. The molecule has 0 saturated carbocycles. The second-order valence-electron chi connectivity index (χ2n) is 6.38. The fraction of sp³-hybridized carbons (Fsp3) is 0.474. The maximum absolute atomic E-state index is 5.83. The van der Waals surface area contributed by atoms with Crippen molar-refractivity contribution < 1.29 is 4.74 Å². The first-order valence-corrected chi connectivity index (χ1v) is 8.36. The third-order valence-corrected chi connectivity index (χ3v) is 4.36. The maximum Gasteiger partial charge on any atom is 0.0727 e. The first-order valence-electron chi connectivity index (χ1n) is 8.36. The number of aromatic nitrogens is 2. The standard InChI is InChI=1S/C19H25N3O/c1-15-6-3-4-7-17(15)12-22(14-19-8-5-9-23-19)13-18-11-20-16(2)10-21-18/h3-4,6-7,10-11,19H,5,8-9,12-14H2,1-2H3. The van der Waals surface area contributed by atoms with Crippen molar-refractivity contribution in [2.45, 2.75) is 45.9 Å². The van der Waals surface area contributed by atoms with Gasteiger partial charge in [-0.2, -0.15) is 0 Å². The van der Waals surface area contributed by atoms with Crippen molar-refractivity contribution in [3.05, 3.63) is 59.2 Å². The van der Waals surface area contributed by atoms with Crippen molar-refractivity contribution in [3.8, 4) is 0 Å². The molecule has 0 spiro atoms. The van der Waals surface area contributed by atoms with Gasteiger partial charge in [0.1, 0.15) is 0 Å². The fourth-order valence-electron chi connectivity index (χ4n) is 3.02. The Bertz CT molecular complexity index is 621. The molecule has 0 aliphatic carbocycles. The lowest BCUT2D eigenvalue weighted by Gasteiger charge is -2.25. The molecule has 0 N–H and O–H groups in total. The molecule has 4 heteroatoms. The van der Waals surface area contributed by atoms with E-state index in [1.807, 2.05) is 19.3 Å². The van der Waals surface area contributed by atoms with Crippen LogP contribution in [-0.4, -0.2) is 34.1 Å². The topological polar surface area (TPSA) is 38.2 Å². The predicted molar refractivity (Wildman–Crippen MR) is 91.0 cm³/mol. The molecular weight excluding hydrogens is 286 g/mol. The molecule has 4 nitrogen and oxygen atoms in total. The van der Waals surface area contributed by atoms with E-state index < -0.39 is 0 Å². The van der Waals surface area contributed by atoms with Gasteiger partial charge in [0.2, 0.25) is 0 Å². The van der Waals surface area contributed by atoms with E-state index in [1.54, 1.807) is 0 Å². The minimum absolute atomic E-state index is 0.345. The van der Waals surface area contributed by atoms with Gasteiger partial charge >= 0.3 is 0 Å². The molecule has 0 amide bonds. The van der Waals surface area contributed by atoms with Crippen LogP contribution in [-0.2, 0) is 17.8 Å². The van der Waals surface area contributed by atoms with Crippen LogP contribution in [0.25, 0.3) is 0 Å². The summed E-state index contributed by atoms with van der Waals surface area (Å²) in [5.41, 5.74) is 4.67. The molecule has 2 aromatic rings. The van der Waals surface area contributed by atoms with Gasteiger partial charge < -0.3 is 4.74 Å². The Balaban J connectivity index is 1.72. The van der Waals surface area contributed by atoms with Crippen LogP contribution in [0.1, 0.15) is 35.4 Å². The Labute approximate surface area is 138 Å². The zero-order valence-electron chi connectivity index (χ0n) is 14.0. The normalized spacial score (nSPS) is 17.8. The van der Waals surface area contributed by atoms with E-state index in [4.69, 9.17) is 4.74 Å². The van der Waals surface area contributed by atoms with Crippen molar-refractivity contribution >= 4 is 0 Å². The number of ether oxygens (including phenoxy) is 1. The highest BCUT2D eigenvalue weighted by Gasteiger charge is 2.20. The van der Waals surface area contributed by atoms with E-state index in [1.165, 1.54) is 17.5 Å². The minimum Gasteiger partial charge on any atom is -0.377 e. The summed E-state index contributed by atoms with van der Waals surface area (Å²) in [7, 11) is 0. The van der Waals surface area contributed by atoms with Crippen LogP contribution in [0, 0.1) is 13.8 Å². The summed E-state index contributed by atoms with van der Waals surface area (Å²) in [6.45, 7) is 7.71. The molecule has 1 aliphatic rings. The monoisotopic (exact) mass is 311 g/mol. The van der Waals surface area contributed by atoms with Crippen LogP contribution < -0.4 is 0 Å². The average molecular weight is 311 g/mol. The smallest absolute Gasteiger partial charge is 0.0727 e. The second-order valence-corrected chi connectivity index (χ2v) is 6.38. The predicted octanol–water partition coefficient (Wildman–Crippen LogP) is 3.27. The number of nitrogens with zero attached hydrogens (tertiary/aromatic N) is 3. The molecule has 1 aromatic heterocycles. The van der Waals surface area contributed by atoms with Gasteiger partial charge in [0, 0.05) is 38.6 Å². The van der Waals surface area contributed by atoms with Gasteiger partial charge in [0.25, 0.3) is 0 Å². The van der Waals surface area contributed by atoms with Crippen LogP contribution in [0.3, 0.4) is 0 Å².